The van der Waals surface area contributed by atoms with Crippen LogP contribution in [0, 0.1) is 0 Å². The van der Waals surface area contributed by atoms with Gasteiger partial charge in [-0.3, -0.25) is 5.32 Å². The molecule has 126 valence electrons. The second kappa shape index (κ2) is 7.03. The average Bonchev–Trinajstić information content (AvgIpc) is 2.64. The van der Waals surface area contributed by atoms with Crippen LogP contribution >= 0.6 is 0 Å². The van der Waals surface area contributed by atoms with E-state index in [9.17, 15) is 9.90 Å². The van der Waals surface area contributed by atoms with E-state index in [1.807, 2.05) is 12.1 Å². The van der Waals surface area contributed by atoms with Crippen LogP contribution in [0.5, 0.6) is 11.5 Å². The first kappa shape index (κ1) is 15.9. The number of hydrogen-bond donors (Lipinski definition) is 2. The SMILES string of the molecule is COc1ccc(N2CCN(C(=O)Nc3ccc(O)cn3)CC2)nc1. The highest BCUT2D eigenvalue weighted by Gasteiger charge is 2.22. The Bertz CT molecular complexity index is 682. The van der Waals surface area contributed by atoms with Gasteiger partial charge in [-0.15, -0.1) is 0 Å². The van der Waals surface area contributed by atoms with Crippen LogP contribution in [-0.2, 0) is 0 Å². The zero-order chi connectivity index (χ0) is 16.9. The first-order valence-corrected chi connectivity index (χ1v) is 7.61. The van der Waals surface area contributed by atoms with Crippen molar-refractivity contribution < 1.29 is 14.6 Å². The second-order valence-corrected chi connectivity index (χ2v) is 5.36. The second-order valence-electron chi connectivity index (χ2n) is 5.36. The zero-order valence-corrected chi connectivity index (χ0v) is 13.3. The molecule has 2 aromatic heterocycles. The maximum absolute atomic E-state index is 12.2. The number of aromatic hydroxyl groups is 1. The molecule has 3 heterocycles. The van der Waals surface area contributed by atoms with Gasteiger partial charge in [-0.1, -0.05) is 0 Å². The van der Waals surface area contributed by atoms with E-state index in [2.05, 4.69) is 20.2 Å². The van der Waals surface area contributed by atoms with E-state index in [0.29, 0.717) is 32.0 Å². The number of aromatic nitrogens is 2. The van der Waals surface area contributed by atoms with E-state index in [4.69, 9.17) is 4.74 Å². The van der Waals surface area contributed by atoms with Gasteiger partial charge in [-0.2, -0.15) is 0 Å². The van der Waals surface area contributed by atoms with Gasteiger partial charge in [0.2, 0.25) is 0 Å². The number of pyridine rings is 2. The van der Waals surface area contributed by atoms with Gasteiger partial charge in [-0.05, 0) is 24.3 Å². The lowest BCUT2D eigenvalue weighted by atomic mass is 10.3. The maximum Gasteiger partial charge on any atom is 0.323 e. The third-order valence-corrected chi connectivity index (χ3v) is 3.83. The minimum Gasteiger partial charge on any atom is -0.506 e. The summed E-state index contributed by atoms with van der Waals surface area (Å²) in [5, 5.41) is 11.9. The van der Waals surface area contributed by atoms with Crippen LogP contribution in [-0.4, -0.2) is 59.3 Å². The number of rotatable bonds is 3. The van der Waals surface area contributed by atoms with Gasteiger partial charge in [0.25, 0.3) is 0 Å². The Hall–Kier alpha value is -3.03. The Morgan fingerprint density at radius 3 is 2.50 bits per heavy atom. The molecule has 0 aromatic carbocycles. The quantitative estimate of drug-likeness (QED) is 0.888. The molecule has 2 N–H and O–H groups in total. The first-order chi connectivity index (χ1) is 11.7. The lowest BCUT2D eigenvalue weighted by Gasteiger charge is -2.35. The van der Waals surface area contributed by atoms with Gasteiger partial charge in [0.1, 0.15) is 23.1 Å². The van der Waals surface area contributed by atoms with E-state index in [0.717, 1.165) is 11.6 Å². The van der Waals surface area contributed by atoms with Crippen molar-refractivity contribution in [1.29, 1.82) is 0 Å². The van der Waals surface area contributed by atoms with Crippen LogP contribution in [0.4, 0.5) is 16.4 Å². The standard InChI is InChI=1S/C16H19N5O3/c1-24-13-3-5-15(18-11-13)20-6-8-21(9-7-20)16(23)19-14-4-2-12(22)10-17-14/h2-5,10-11,22H,6-9H2,1H3,(H,17,19,23). The van der Waals surface area contributed by atoms with Crippen molar-refractivity contribution in [2.45, 2.75) is 0 Å². The fourth-order valence-electron chi connectivity index (χ4n) is 2.47. The molecule has 0 saturated carbocycles. The third-order valence-electron chi connectivity index (χ3n) is 3.83. The molecule has 1 aliphatic rings. The fraction of sp³-hybridized carbons (Fsp3) is 0.312. The van der Waals surface area contributed by atoms with Gasteiger partial charge in [0.05, 0.1) is 19.5 Å². The number of nitrogens with zero attached hydrogens (tertiary/aromatic N) is 4. The Morgan fingerprint density at radius 1 is 1.12 bits per heavy atom. The van der Waals surface area contributed by atoms with Crippen molar-refractivity contribution in [1.82, 2.24) is 14.9 Å². The molecule has 0 radical (unpaired) electrons. The molecule has 8 heteroatoms. The van der Waals surface area contributed by atoms with E-state index in [-0.39, 0.29) is 11.8 Å². The number of piperazine rings is 1. The zero-order valence-electron chi connectivity index (χ0n) is 13.3. The lowest BCUT2D eigenvalue weighted by molar-refractivity contribution is 0.208. The highest BCUT2D eigenvalue weighted by molar-refractivity contribution is 5.88. The van der Waals surface area contributed by atoms with Crippen molar-refractivity contribution in [3.05, 3.63) is 36.7 Å². The van der Waals surface area contributed by atoms with Crippen LogP contribution < -0.4 is 15.0 Å². The lowest BCUT2D eigenvalue weighted by Crippen LogP contribution is -2.50. The Labute approximate surface area is 139 Å². The summed E-state index contributed by atoms with van der Waals surface area (Å²) in [6, 6.07) is 6.63. The topological polar surface area (TPSA) is 90.8 Å². The number of amides is 2. The molecule has 2 aromatic rings. The average molecular weight is 329 g/mol. The fourth-order valence-corrected chi connectivity index (χ4v) is 2.47. The molecule has 2 amide bonds. The van der Waals surface area contributed by atoms with E-state index >= 15 is 0 Å². The number of methoxy groups -OCH3 is 1. The van der Waals surface area contributed by atoms with Crippen molar-refractivity contribution >= 4 is 17.7 Å². The molecule has 0 aliphatic carbocycles. The smallest absolute Gasteiger partial charge is 0.323 e. The summed E-state index contributed by atoms with van der Waals surface area (Å²) in [6.45, 7) is 2.60. The third kappa shape index (κ3) is 3.65. The van der Waals surface area contributed by atoms with Gasteiger partial charge >= 0.3 is 6.03 Å². The molecule has 0 spiro atoms. The Balaban J connectivity index is 1.54. The molecule has 0 bridgehead atoms. The highest BCUT2D eigenvalue weighted by atomic mass is 16.5. The van der Waals surface area contributed by atoms with Crippen LogP contribution in [0.15, 0.2) is 36.7 Å². The van der Waals surface area contributed by atoms with Gasteiger partial charge in [0.15, 0.2) is 0 Å². The number of anilines is 2. The molecular formula is C16H19N5O3. The van der Waals surface area contributed by atoms with Crippen molar-refractivity contribution in [2.24, 2.45) is 0 Å². The molecule has 0 unspecified atom stereocenters. The minimum atomic E-state index is -0.199. The molecular weight excluding hydrogens is 310 g/mol. The minimum absolute atomic E-state index is 0.0635. The van der Waals surface area contributed by atoms with Gasteiger partial charge < -0.3 is 19.6 Å². The molecule has 1 fully saturated rings. The van der Waals surface area contributed by atoms with Crippen LogP contribution in [0.25, 0.3) is 0 Å². The number of hydrogen-bond acceptors (Lipinski definition) is 6. The Morgan fingerprint density at radius 2 is 1.92 bits per heavy atom. The van der Waals surface area contributed by atoms with Crippen molar-refractivity contribution in [2.75, 3.05) is 43.5 Å². The predicted octanol–water partition coefficient (Wildman–Crippen LogP) is 1.54. The van der Waals surface area contributed by atoms with Crippen molar-refractivity contribution in [3.63, 3.8) is 0 Å². The van der Waals surface area contributed by atoms with Crippen LogP contribution in [0.3, 0.4) is 0 Å². The van der Waals surface area contributed by atoms with Gasteiger partial charge in [0, 0.05) is 26.2 Å². The number of carbonyl (C=O) groups is 1. The monoisotopic (exact) mass is 329 g/mol. The van der Waals surface area contributed by atoms with E-state index in [1.54, 1.807) is 24.3 Å². The first-order valence-electron chi connectivity index (χ1n) is 7.61. The normalized spacial score (nSPS) is 14.4. The summed E-state index contributed by atoms with van der Waals surface area (Å²) in [6.07, 6.45) is 2.98. The summed E-state index contributed by atoms with van der Waals surface area (Å²) in [5.74, 6) is 2.07. The summed E-state index contributed by atoms with van der Waals surface area (Å²) in [5.41, 5.74) is 0. The number of urea groups is 1. The summed E-state index contributed by atoms with van der Waals surface area (Å²) >= 11 is 0. The van der Waals surface area contributed by atoms with Gasteiger partial charge in [-0.25, -0.2) is 14.8 Å². The summed E-state index contributed by atoms with van der Waals surface area (Å²) in [4.78, 5) is 24.4. The molecule has 8 nitrogen and oxygen atoms in total. The molecule has 3 rings (SSSR count). The van der Waals surface area contributed by atoms with E-state index in [1.165, 1.54) is 12.3 Å². The molecule has 1 aliphatic heterocycles. The summed E-state index contributed by atoms with van der Waals surface area (Å²) < 4.78 is 5.11. The number of nitrogens with one attached hydrogen (secondary N) is 1. The molecule has 0 atom stereocenters. The molecule has 24 heavy (non-hydrogen) atoms. The predicted molar refractivity (Wildman–Crippen MR) is 89.5 cm³/mol. The van der Waals surface area contributed by atoms with E-state index < -0.39 is 0 Å². The van der Waals surface area contributed by atoms with Crippen LogP contribution in [0.2, 0.25) is 0 Å². The highest BCUT2D eigenvalue weighted by Crippen LogP contribution is 2.17. The number of ether oxygens (including phenoxy) is 1. The Kier molecular flexibility index (Phi) is 4.64. The van der Waals surface area contributed by atoms with Crippen LogP contribution in [0.1, 0.15) is 0 Å². The largest absolute Gasteiger partial charge is 0.506 e. The maximum atomic E-state index is 12.2. The number of carbonyl (C=O) groups excluding carboxylic acids is 1. The summed E-state index contributed by atoms with van der Waals surface area (Å²) in [7, 11) is 1.61. The molecule has 1 saturated heterocycles. The van der Waals surface area contributed by atoms with Crippen molar-refractivity contribution in [3.8, 4) is 11.5 Å².